The number of nitrogens with one attached hydrogen (secondary N) is 2. The smallest absolute Gasteiger partial charge is 0.234 e. The largest absolute Gasteiger partial charge is 0.352 e. The summed E-state index contributed by atoms with van der Waals surface area (Å²) in [5.41, 5.74) is 1.17. The van der Waals surface area contributed by atoms with Crippen LogP contribution in [0.15, 0.2) is 28.7 Å². The van der Waals surface area contributed by atoms with Crippen molar-refractivity contribution in [3.8, 4) is 0 Å². The summed E-state index contributed by atoms with van der Waals surface area (Å²) in [6.07, 6.45) is 4.76. The minimum atomic E-state index is 0.106. The lowest BCUT2D eigenvalue weighted by atomic mass is 10.2. The minimum Gasteiger partial charge on any atom is -0.352 e. The van der Waals surface area contributed by atoms with Crippen LogP contribution in [0.5, 0.6) is 0 Å². The van der Waals surface area contributed by atoms with E-state index in [9.17, 15) is 4.79 Å². The van der Waals surface area contributed by atoms with E-state index < -0.39 is 0 Å². The van der Waals surface area contributed by atoms with Crippen molar-refractivity contribution in [2.75, 3.05) is 6.54 Å². The van der Waals surface area contributed by atoms with Gasteiger partial charge in [0.2, 0.25) is 5.91 Å². The van der Waals surface area contributed by atoms with Crippen LogP contribution in [0.4, 0.5) is 0 Å². The second-order valence-electron chi connectivity index (χ2n) is 4.74. The summed E-state index contributed by atoms with van der Waals surface area (Å²) in [7, 11) is 0. The van der Waals surface area contributed by atoms with Crippen LogP contribution in [-0.2, 0) is 11.3 Å². The summed E-state index contributed by atoms with van der Waals surface area (Å²) in [4.78, 5) is 11.7. The summed E-state index contributed by atoms with van der Waals surface area (Å²) in [6.45, 7) is 1.09. The van der Waals surface area contributed by atoms with Gasteiger partial charge in [-0.3, -0.25) is 4.79 Å². The molecule has 1 aliphatic carbocycles. The SMILES string of the molecule is O=C(CNCc1ccccc1Br)NC1CCCC1. The van der Waals surface area contributed by atoms with Crippen molar-refractivity contribution in [1.82, 2.24) is 10.6 Å². The molecule has 1 aliphatic rings. The maximum absolute atomic E-state index is 11.7. The van der Waals surface area contributed by atoms with Gasteiger partial charge in [-0.15, -0.1) is 0 Å². The lowest BCUT2D eigenvalue weighted by Gasteiger charge is -2.12. The zero-order valence-electron chi connectivity index (χ0n) is 10.4. The van der Waals surface area contributed by atoms with Crippen LogP contribution in [0.2, 0.25) is 0 Å². The van der Waals surface area contributed by atoms with E-state index in [2.05, 4.69) is 26.6 Å². The van der Waals surface area contributed by atoms with Crippen molar-refractivity contribution >= 4 is 21.8 Å². The minimum absolute atomic E-state index is 0.106. The Kier molecular flexibility index (Phi) is 5.20. The van der Waals surface area contributed by atoms with Crippen LogP contribution in [0, 0.1) is 0 Å². The molecular weight excluding hydrogens is 292 g/mol. The highest BCUT2D eigenvalue weighted by Crippen LogP contribution is 2.17. The van der Waals surface area contributed by atoms with Crippen molar-refractivity contribution in [3.05, 3.63) is 34.3 Å². The van der Waals surface area contributed by atoms with Crippen LogP contribution >= 0.6 is 15.9 Å². The third-order valence-corrected chi connectivity index (χ3v) is 4.05. The molecule has 0 aromatic heterocycles. The number of rotatable bonds is 5. The molecule has 1 aromatic rings. The quantitative estimate of drug-likeness (QED) is 0.877. The third-order valence-electron chi connectivity index (χ3n) is 3.28. The van der Waals surface area contributed by atoms with Crippen molar-refractivity contribution in [2.45, 2.75) is 38.3 Å². The van der Waals surface area contributed by atoms with E-state index in [4.69, 9.17) is 0 Å². The molecule has 0 spiro atoms. The van der Waals surface area contributed by atoms with Gasteiger partial charge in [0, 0.05) is 17.1 Å². The molecule has 2 N–H and O–H groups in total. The van der Waals surface area contributed by atoms with Gasteiger partial charge in [-0.2, -0.15) is 0 Å². The lowest BCUT2D eigenvalue weighted by molar-refractivity contribution is -0.120. The van der Waals surface area contributed by atoms with Crippen LogP contribution in [0.3, 0.4) is 0 Å². The summed E-state index contributed by atoms with van der Waals surface area (Å²) in [5, 5.41) is 6.24. The van der Waals surface area contributed by atoms with Crippen LogP contribution in [-0.4, -0.2) is 18.5 Å². The summed E-state index contributed by atoms with van der Waals surface area (Å²) >= 11 is 3.49. The topological polar surface area (TPSA) is 41.1 Å². The van der Waals surface area contributed by atoms with Crippen molar-refractivity contribution in [2.24, 2.45) is 0 Å². The maximum atomic E-state index is 11.7. The van der Waals surface area contributed by atoms with E-state index in [1.54, 1.807) is 0 Å². The van der Waals surface area contributed by atoms with Crippen LogP contribution < -0.4 is 10.6 Å². The molecule has 1 amide bonds. The molecule has 1 aromatic carbocycles. The Hall–Kier alpha value is -0.870. The molecule has 3 nitrogen and oxygen atoms in total. The molecule has 2 rings (SSSR count). The number of benzene rings is 1. The van der Waals surface area contributed by atoms with E-state index in [1.165, 1.54) is 18.4 Å². The van der Waals surface area contributed by atoms with Crippen LogP contribution in [0.25, 0.3) is 0 Å². The molecule has 4 heteroatoms. The van der Waals surface area contributed by atoms with Gasteiger partial charge in [-0.25, -0.2) is 0 Å². The summed E-state index contributed by atoms with van der Waals surface area (Å²) in [5.74, 6) is 0.106. The number of halogens is 1. The van der Waals surface area contributed by atoms with Gasteiger partial charge in [0.1, 0.15) is 0 Å². The second kappa shape index (κ2) is 6.90. The number of hydrogen-bond acceptors (Lipinski definition) is 2. The molecule has 0 radical (unpaired) electrons. The lowest BCUT2D eigenvalue weighted by Crippen LogP contribution is -2.38. The normalized spacial score (nSPS) is 15.8. The number of carbonyl (C=O) groups is 1. The molecule has 0 aliphatic heterocycles. The summed E-state index contributed by atoms with van der Waals surface area (Å²) < 4.78 is 1.08. The fourth-order valence-electron chi connectivity index (χ4n) is 2.30. The predicted octanol–water partition coefficient (Wildman–Crippen LogP) is 2.60. The fourth-order valence-corrected chi connectivity index (χ4v) is 2.73. The Morgan fingerprint density at radius 3 is 2.72 bits per heavy atom. The van der Waals surface area contributed by atoms with Gasteiger partial charge in [0.25, 0.3) is 0 Å². The number of carbonyl (C=O) groups excluding carboxylic acids is 1. The molecule has 0 unspecified atom stereocenters. The first-order valence-electron chi connectivity index (χ1n) is 6.49. The zero-order chi connectivity index (χ0) is 12.8. The highest BCUT2D eigenvalue weighted by molar-refractivity contribution is 9.10. The second-order valence-corrected chi connectivity index (χ2v) is 5.60. The van der Waals surface area contributed by atoms with Gasteiger partial charge in [0.15, 0.2) is 0 Å². The standard InChI is InChI=1S/C14H19BrN2O/c15-13-8-4-1-5-11(13)9-16-10-14(18)17-12-6-2-3-7-12/h1,4-5,8,12,16H,2-3,6-7,9-10H2,(H,17,18). The van der Waals surface area contributed by atoms with Gasteiger partial charge in [-0.1, -0.05) is 47.0 Å². The molecule has 0 atom stereocenters. The Morgan fingerprint density at radius 1 is 1.28 bits per heavy atom. The zero-order valence-corrected chi connectivity index (χ0v) is 12.0. The van der Waals surface area contributed by atoms with Crippen molar-refractivity contribution in [3.63, 3.8) is 0 Å². The Bertz CT molecular complexity index is 403. The van der Waals surface area contributed by atoms with Gasteiger partial charge in [0.05, 0.1) is 6.54 Å². The molecule has 1 saturated carbocycles. The Labute approximate surface area is 116 Å². The average molecular weight is 311 g/mol. The van der Waals surface area contributed by atoms with E-state index in [1.807, 2.05) is 24.3 Å². The van der Waals surface area contributed by atoms with Gasteiger partial charge >= 0.3 is 0 Å². The van der Waals surface area contributed by atoms with Crippen molar-refractivity contribution < 1.29 is 4.79 Å². The number of hydrogen-bond donors (Lipinski definition) is 2. The predicted molar refractivity (Wildman–Crippen MR) is 76.2 cm³/mol. The average Bonchev–Trinajstić information content (AvgIpc) is 2.84. The molecule has 0 bridgehead atoms. The van der Waals surface area contributed by atoms with E-state index in [0.717, 1.165) is 17.3 Å². The van der Waals surface area contributed by atoms with E-state index >= 15 is 0 Å². The highest BCUT2D eigenvalue weighted by Gasteiger charge is 2.16. The molecule has 98 valence electrons. The maximum Gasteiger partial charge on any atom is 0.234 e. The molecule has 1 fully saturated rings. The number of amides is 1. The van der Waals surface area contributed by atoms with Gasteiger partial charge < -0.3 is 10.6 Å². The fraction of sp³-hybridized carbons (Fsp3) is 0.500. The molecule has 0 saturated heterocycles. The first-order valence-corrected chi connectivity index (χ1v) is 7.28. The first kappa shape index (κ1) is 13.6. The third kappa shape index (κ3) is 4.10. The van der Waals surface area contributed by atoms with E-state index in [-0.39, 0.29) is 5.91 Å². The highest BCUT2D eigenvalue weighted by atomic mass is 79.9. The van der Waals surface area contributed by atoms with E-state index in [0.29, 0.717) is 19.1 Å². The van der Waals surface area contributed by atoms with Crippen LogP contribution in [0.1, 0.15) is 31.2 Å². The molecule has 18 heavy (non-hydrogen) atoms. The van der Waals surface area contributed by atoms with Crippen molar-refractivity contribution in [1.29, 1.82) is 0 Å². The van der Waals surface area contributed by atoms with Gasteiger partial charge in [-0.05, 0) is 24.5 Å². The molecular formula is C14H19BrN2O. The molecule has 0 heterocycles. The summed E-state index contributed by atoms with van der Waals surface area (Å²) in [6, 6.07) is 8.45. The monoisotopic (exact) mass is 310 g/mol. The first-order chi connectivity index (χ1) is 8.75. The Balaban J connectivity index is 1.68. The Morgan fingerprint density at radius 2 is 2.00 bits per heavy atom.